The summed E-state index contributed by atoms with van der Waals surface area (Å²) < 4.78 is 0. The molecule has 0 spiro atoms. The van der Waals surface area contributed by atoms with Gasteiger partial charge in [-0.3, -0.25) is 4.79 Å². The molecule has 19 heavy (non-hydrogen) atoms. The van der Waals surface area contributed by atoms with Crippen molar-refractivity contribution in [1.82, 2.24) is 0 Å². The third-order valence-electron chi connectivity index (χ3n) is 2.55. The maximum atomic E-state index is 12.1. The molecule has 0 saturated carbocycles. The third-order valence-corrected chi connectivity index (χ3v) is 2.55. The van der Waals surface area contributed by atoms with Gasteiger partial charge in [0.25, 0.3) is 5.91 Å². The van der Waals surface area contributed by atoms with E-state index in [0.717, 1.165) is 0 Å². The smallest absolute Gasteiger partial charge is 0.257 e. The number of benzene rings is 2. The summed E-state index contributed by atoms with van der Waals surface area (Å²) in [6, 6.07) is 13.3. The summed E-state index contributed by atoms with van der Waals surface area (Å²) in [6.45, 7) is 0. The minimum atomic E-state index is -0.373. The molecular formula is C14H12N4O. The quantitative estimate of drug-likeness (QED) is 0.710. The van der Waals surface area contributed by atoms with Crippen LogP contribution >= 0.6 is 0 Å². The number of nitriles is 1. The SMILES string of the molecule is N#Cc1cc(N)ccc1C(=O)Nc1cccc(N)c1. The van der Waals surface area contributed by atoms with Crippen LogP contribution in [0.5, 0.6) is 0 Å². The number of carbonyl (C=O) groups excluding carboxylic acids is 1. The molecule has 0 aliphatic carbocycles. The number of rotatable bonds is 2. The van der Waals surface area contributed by atoms with Gasteiger partial charge >= 0.3 is 0 Å². The first-order valence-electron chi connectivity index (χ1n) is 5.56. The van der Waals surface area contributed by atoms with Crippen molar-refractivity contribution in [1.29, 1.82) is 5.26 Å². The monoisotopic (exact) mass is 252 g/mol. The zero-order valence-corrected chi connectivity index (χ0v) is 10.1. The number of amides is 1. The van der Waals surface area contributed by atoms with Gasteiger partial charge in [-0.15, -0.1) is 0 Å². The van der Waals surface area contributed by atoms with Crippen molar-refractivity contribution < 1.29 is 4.79 Å². The van der Waals surface area contributed by atoms with Crippen LogP contribution < -0.4 is 16.8 Å². The fourth-order valence-electron chi connectivity index (χ4n) is 1.67. The van der Waals surface area contributed by atoms with Crippen molar-refractivity contribution in [2.75, 3.05) is 16.8 Å². The molecule has 0 bridgehead atoms. The predicted molar refractivity (Wildman–Crippen MR) is 74.4 cm³/mol. The van der Waals surface area contributed by atoms with Crippen LogP contribution in [-0.4, -0.2) is 5.91 Å². The number of nitrogens with zero attached hydrogens (tertiary/aromatic N) is 1. The van der Waals surface area contributed by atoms with Crippen LogP contribution in [0.15, 0.2) is 42.5 Å². The molecule has 2 rings (SSSR count). The van der Waals surface area contributed by atoms with Crippen LogP contribution in [0.3, 0.4) is 0 Å². The number of anilines is 3. The number of hydrogen-bond donors (Lipinski definition) is 3. The molecule has 0 atom stereocenters. The molecule has 0 radical (unpaired) electrons. The van der Waals surface area contributed by atoms with E-state index in [-0.39, 0.29) is 17.0 Å². The Morgan fingerprint density at radius 1 is 1.11 bits per heavy atom. The lowest BCUT2D eigenvalue weighted by molar-refractivity contribution is 0.102. The van der Waals surface area contributed by atoms with Crippen molar-refractivity contribution in [3.05, 3.63) is 53.6 Å². The van der Waals surface area contributed by atoms with E-state index in [9.17, 15) is 4.79 Å². The van der Waals surface area contributed by atoms with Crippen LogP contribution in [-0.2, 0) is 0 Å². The van der Waals surface area contributed by atoms with E-state index >= 15 is 0 Å². The fourth-order valence-corrected chi connectivity index (χ4v) is 1.67. The van der Waals surface area contributed by atoms with Crippen molar-refractivity contribution >= 4 is 23.0 Å². The van der Waals surface area contributed by atoms with Gasteiger partial charge in [-0.05, 0) is 36.4 Å². The molecule has 94 valence electrons. The highest BCUT2D eigenvalue weighted by Crippen LogP contribution is 2.16. The standard InChI is InChI=1S/C14H12N4O/c15-8-9-6-11(17)4-5-13(9)14(19)18-12-3-1-2-10(16)7-12/h1-7H,16-17H2,(H,18,19). The summed E-state index contributed by atoms with van der Waals surface area (Å²) in [5.74, 6) is -0.373. The van der Waals surface area contributed by atoms with E-state index in [0.29, 0.717) is 17.1 Å². The van der Waals surface area contributed by atoms with Crippen LogP contribution in [0.2, 0.25) is 0 Å². The first-order chi connectivity index (χ1) is 9.10. The van der Waals surface area contributed by atoms with Crippen LogP contribution in [0, 0.1) is 11.3 Å². The highest BCUT2D eigenvalue weighted by atomic mass is 16.1. The van der Waals surface area contributed by atoms with Gasteiger partial charge in [0.2, 0.25) is 0 Å². The average Bonchev–Trinajstić information content (AvgIpc) is 2.38. The van der Waals surface area contributed by atoms with Gasteiger partial charge in [0.1, 0.15) is 6.07 Å². The van der Waals surface area contributed by atoms with Crippen molar-refractivity contribution in [2.24, 2.45) is 0 Å². The van der Waals surface area contributed by atoms with E-state index < -0.39 is 0 Å². The Kier molecular flexibility index (Phi) is 3.35. The highest BCUT2D eigenvalue weighted by Gasteiger charge is 2.11. The van der Waals surface area contributed by atoms with Gasteiger partial charge in [0.05, 0.1) is 11.1 Å². The Morgan fingerprint density at radius 3 is 2.53 bits per heavy atom. The summed E-state index contributed by atoms with van der Waals surface area (Å²) >= 11 is 0. The van der Waals surface area contributed by atoms with Crippen LogP contribution in [0.25, 0.3) is 0 Å². The highest BCUT2D eigenvalue weighted by molar-refractivity contribution is 6.06. The Labute approximate surface area is 110 Å². The van der Waals surface area contributed by atoms with Crippen molar-refractivity contribution in [2.45, 2.75) is 0 Å². The minimum absolute atomic E-state index is 0.237. The first-order valence-corrected chi connectivity index (χ1v) is 5.56. The zero-order valence-electron chi connectivity index (χ0n) is 10.1. The number of hydrogen-bond acceptors (Lipinski definition) is 4. The van der Waals surface area contributed by atoms with Crippen molar-refractivity contribution in [3.63, 3.8) is 0 Å². The second-order valence-electron chi connectivity index (χ2n) is 4.00. The number of nitrogens with two attached hydrogens (primary N) is 2. The van der Waals surface area contributed by atoms with Gasteiger partial charge in [-0.2, -0.15) is 5.26 Å². The van der Waals surface area contributed by atoms with E-state index in [1.165, 1.54) is 12.1 Å². The molecular weight excluding hydrogens is 240 g/mol. The van der Waals surface area contributed by atoms with Gasteiger partial charge in [0.15, 0.2) is 0 Å². The van der Waals surface area contributed by atoms with Crippen LogP contribution in [0.4, 0.5) is 17.1 Å². The largest absolute Gasteiger partial charge is 0.399 e. The maximum absolute atomic E-state index is 12.1. The van der Waals surface area contributed by atoms with E-state index in [1.54, 1.807) is 30.3 Å². The van der Waals surface area contributed by atoms with Crippen molar-refractivity contribution in [3.8, 4) is 6.07 Å². The molecule has 0 fully saturated rings. The molecule has 0 unspecified atom stereocenters. The number of nitrogens with one attached hydrogen (secondary N) is 1. The second-order valence-corrected chi connectivity index (χ2v) is 4.00. The molecule has 0 aromatic heterocycles. The van der Waals surface area contributed by atoms with Gasteiger partial charge in [0, 0.05) is 17.1 Å². The summed E-state index contributed by atoms with van der Waals surface area (Å²) in [4.78, 5) is 12.1. The average molecular weight is 252 g/mol. The molecule has 0 saturated heterocycles. The Morgan fingerprint density at radius 2 is 1.84 bits per heavy atom. The second kappa shape index (κ2) is 5.10. The molecule has 2 aromatic carbocycles. The summed E-state index contributed by atoms with van der Waals surface area (Å²) in [7, 11) is 0. The molecule has 5 nitrogen and oxygen atoms in total. The zero-order chi connectivity index (χ0) is 13.8. The number of nitrogen functional groups attached to an aromatic ring is 2. The molecule has 5 heteroatoms. The lowest BCUT2D eigenvalue weighted by Gasteiger charge is -2.07. The Hall–Kier alpha value is -3.00. The molecule has 1 amide bonds. The predicted octanol–water partition coefficient (Wildman–Crippen LogP) is 1.97. The maximum Gasteiger partial charge on any atom is 0.257 e. The number of carbonyl (C=O) groups is 1. The topological polar surface area (TPSA) is 105 Å². The van der Waals surface area contributed by atoms with Gasteiger partial charge in [-0.1, -0.05) is 6.07 Å². The summed E-state index contributed by atoms with van der Waals surface area (Å²) in [6.07, 6.45) is 0. The molecule has 0 heterocycles. The third kappa shape index (κ3) is 2.82. The first kappa shape index (κ1) is 12.5. The lowest BCUT2D eigenvalue weighted by Crippen LogP contribution is -2.13. The fraction of sp³-hybridized carbons (Fsp3) is 0. The van der Waals surface area contributed by atoms with Crippen LogP contribution in [0.1, 0.15) is 15.9 Å². The molecule has 0 aliphatic rings. The molecule has 0 aliphatic heterocycles. The van der Waals surface area contributed by atoms with E-state index in [1.807, 2.05) is 6.07 Å². The van der Waals surface area contributed by atoms with E-state index in [4.69, 9.17) is 16.7 Å². The molecule has 2 aromatic rings. The Balaban J connectivity index is 2.28. The Bertz CT molecular complexity index is 673. The normalized spacial score (nSPS) is 9.63. The van der Waals surface area contributed by atoms with E-state index in [2.05, 4.69) is 5.32 Å². The summed E-state index contributed by atoms with van der Waals surface area (Å²) in [5.41, 5.74) is 13.3. The lowest BCUT2D eigenvalue weighted by atomic mass is 10.1. The minimum Gasteiger partial charge on any atom is -0.399 e. The van der Waals surface area contributed by atoms with Gasteiger partial charge < -0.3 is 16.8 Å². The summed E-state index contributed by atoms with van der Waals surface area (Å²) in [5, 5.41) is 11.7. The molecule has 5 N–H and O–H groups in total. The van der Waals surface area contributed by atoms with Gasteiger partial charge in [-0.25, -0.2) is 0 Å².